The highest BCUT2D eigenvalue weighted by Gasteiger charge is 2.44. The molecule has 3 aliphatic rings. The summed E-state index contributed by atoms with van der Waals surface area (Å²) < 4.78 is 0. The number of benzene rings is 19. The normalized spacial score (nSPS) is 13.4. The third-order valence-corrected chi connectivity index (χ3v) is 28.5. The van der Waals surface area contributed by atoms with E-state index in [9.17, 15) is 0 Å². The van der Waals surface area contributed by atoms with Gasteiger partial charge in [0.15, 0.2) is 17.5 Å². The van der Waals surface area contributed by atoms with Crippen molar-refractivity contribution in [3.63, 3.8) is 0 Å². The van der Waals surface area contributed by atoms with Crippen LogP contribution in [0.2, 0.25) is 0 Å². The number of aromatic nitrogens is 7. The molecule has 0 saturated carbocycles. The van der Waals surface area contributed by atoms with Gasteiger partial charge in [-0.25, -0.2) is 29.9 Å². The number of nitrogens with zero attached hydrogens (tertiary/aromatic N) is 7. The van der Waals surface area contributed by atoms with Crippen molar-refractivity contribution >= 4 is 108 Å². The number of fused-ring (bicyclic) bond motifs is 22. The maximum Gasteiger partial charge on any atom is 0.164 e. The van der Waals surface area contributed by atoms with Gasteiger partial charge in [-0.15, -0.1) is 0 Å². The van der Waals surface area contributed by atoms with Gasteiger partial charge in [-0.2, -0.15) is 0 Å². The summed E-state index contributed by atoms with van der Waals surface area (Å²) in [5.74, 6) is 1.96. The van der Waals surface area contributed by atoms with Crippen LogP contribution in [0.15, 0.2) is 419 Å². The van der Waals surface area contributed by atoms with Crippen molar-refractivity contribution in [2.75, 3.05) is 0 Å². The van der Waals surface area contributed by atoms with E-state index < -0.39 is 0 Å². The van der Waals surface area contributed by atoms with Crippen LogP contribution < -0.4 is 0 Å². The molecular weight excluding hydrogens is 1610 g/mol. The summed E-state index contributed by atoms with van der Waals surface area (Å²) in [6.45, 7) is 14.1. The maximum atomic E-state index is 5.40. The highest BCUT2D eigenvalue weighted by molar-refractivity contribution is 6.22. The fourth-order valence-electron chi connectivity index (χ4n) is 22.2. The molecule has 0 atom stereocenters. The lowest BCUT2D eigenvalue weighted by molar-refractivity contribution is 0.661. The van der Waals surface area contributed by atoms with E-state index in [-0.39, 0.29) is 16.2 Å². The zero-order valence-electron chi connectivity index (χ0n) is 74.5. The van der Waals surface area contributed by atoms with E-state index >= 15 is 0 Å². The summed E-state index contributed by atoms with van der Waals surface area (Å²) in [7, 11) is 0. The van der Waals surface area contributed by atoms with Crippen LogP contribution in [-0.2, 0) is 16.2 Å². The van der Waals surface area contributed by atoms with Crippen LogP contribution in [-0.4, -0.2) is 34.9 Å². The zero-order chi connectivity index (χ0) is 89.0. The molecule has 0 unspecified atom stereocenters. The molecule has 626 valence electrons. The summed E-state index contributed by atoms with van der Waals surface area (Å²) in [6, 6.07) is 148. The van der Waals surface area contributed by atoms with Gasteiger partial charge in [0.2, 0.25) is 0 Å². The standard InChI is InChI=1S/C47H32N4.C41H28N2.C38H27N/c1-47(2)38-20-12-11-19-37(38)43-42(47)40(41-36-18-10-9-13-29(36)25-26-39(41)48-43)34-23-21-33-28-35(24-22-32(33)27-34)46-50-44(30-14-5-3-6-15-30)49-45(51-46)31-16-7-4-8-17-31;1-41(2)34-19-8-7-17-33(34)40-38(41)37(36-27-14-4-3-11-25(27)20-23-35(36)43-40)31-22-21-30(28-15-5-6-16-29(28)31)32-18-9-12-26-13-10-24-42-39(26)32;1-38(2)32-15-9-8-14-31(32)37-36(38)34(35-30-13-7-6-12-25(30)20-21-33(35)39-37)29-19-18-27-22-26(16-17-28(27)23-29)24-10-4-3-5-11-24/h3-28H,1-2H3;3-24H,1-2H3;3-23H,1-2H3. The van der Waals surface area contributed by atoms with Crippen LogP contribution in [0.4, 0.5) is 0 Å². The van der Waals surface area contributed by atoms with Gasteiger partial charge in [0.1, 0.15) is 0 Å². The van der Waals surface area contributed by atoms with Crippen molar-refractivity contribution in [3.05, 3.63) is 452 Å². The van der Waals surface area contributed by atoms with E-state index in [1.807, 2.05) is 72.9 Å². The second kappa shape index (κ2) is 30.8. The first-order valence-corrected chi connectivity index (χ1v) is 46.0. The summed E-state index contributed by atoms with van der Waals surface area (Å²) in [5, 5.41) is 19.5. The Morgan fingerprint density at radius 2 is 0.504 bits per heavy atom. The Bertz CT molecular complexity index is 8920. The monoisotopic (exact) mass is 1700 g/mol. The molecule has 3 aliphatic carbocycles. The summed E-state index contributed by atoms with van der Waals surface area (Å²) in [4.78, 5) is 35.8. The number of hydrogen-bond donors (Lipinski definition) is 0. The second-order valence-corrected chi connectivity index (χ2v) is 37.2. The molecule has 0 saturated heterocycles. The first-order valence-electron chi connectivity index (χ1n) is 46.0. The number of hydrogen-bond acceptors (Lipinski definition) is 7. The number of para-hydroxylation sites is 1. The fraction of sp³-hybridized carbons (Fsp3) is 0.0714. The van der Waals surface area contributed by atoms with Crippen LogP contribution in [0, 0.1) is 0 Å². The largest absolute Gasteiger partial charge is 0.256 e. The van der Waals surface area contributed by atoms with E-state index in [4.69, 9.17) is 34.9 Å². The Kier molecular flexibility index (Phi) is 18.2. The molecule has 7 nitrogen and oxygen atoms in total. The van der Waals surface area contributed by atoms with Gasteiger partial charge >= 0.3 is 0 Å². The van der Waals surface area contributed by atoms with Gasteiger partial charge in [0, 0.05) is 82.9 Å². The molecule has 0 fully saturated rings. The molecule has 0 amide bonds. The molecule has 0 N–H and O–H groups in total. The molecule has 0 radical (unpaired) electrons. The highest BCUT2D eigenvalue weighted by Crippen LogP contribution is 2.59. The molecule has 133 heavy (non-hydrogen) atoms. The van der Waals surface area contributed by atoms with Crippen LogP contribution in [0.5, 0.6) is 0 Å². The maximum absolute atomic E-state index is 5.40. The van der Waals surface area contributed by atoms with Gasteiger partial charge in [-0.1, -0.05) is 406 Å². The molecule has 0 bridgehead atoms. The summed E-state index contributed by atoms with van der Waals surface area (Å²) in [5.41, 5.74) is 33.7. The Morgan fingerprint density at radius 1 is 0.188 bits per heavy atom. The Hall–Kier alpha value is -16.6. The molecule has 19 aromatic carbocycles. The molecular formula is C126H87N7. The second-order valence-electron chi connectivity index (χ2n) is 37.2. The van der Waals surface area contributed by atoms with Crippen molar-refractivity contribution in [1.82, 2.24) is 34.9 Å². The Balaban J connectivity index is 0.000000108. The molecule has 5 heterocycles. The van der Waals surface area contributed by atoms with Crippen LogP contribution in [0.25, 0.3) is 232 Å². The van der Waals surface area contributed by atoms with E-state index in [2.05, 4.69) is 387 Å². The number of rotatable bonds is 8. The minimum Gasteiger partial charge on any atom is -0.256 e. The van der Waals surface area contributed by atoms with Crippen molar-refractivity contribution in [2.24, 2.45) is 0 Å². The molecule has 7 heteroatoms. The first kappa shape index (κ1) is 78.6. The van der Waals surface area contributed by atoms with E-state index in [0.717, 1.165) is 77.6 Å². The van der Waals surface area contributed by atoms with Gasteiger partial charge < -0.3 is 0 Å². The van der Waals surface area contributed by atoms with Crippen LogP contribution in [0.3, 0.4) is 0 Å². The average Bonchev–Trinajstić information content (AvgIpc) is 1.56. The lowest BCUT2D eigenvalue weighted by Gasteiger charge is -2.26. The van der Waals surface area contributed by atoms with Crippen LogP contribution >= 0.6 is 0 Å². The highest BCUT2D eigenvalue weighted by atomic mass is 15.0. The summed E-state index contributed by atoms with van der Waals surface area (Å²) in [6.07, 6.45) is 1.89. The van der Waals surface area contributed by atoms with E-state index in [1.54, 1.807) is 0 Å². The fourth-order valence-corrected chi connectivity index (χ4v) is 22.2. The van der Waals surface area contributed by atoms with Gasteiger partial charge in [0.05, 0.1) is 39.1 Å². The Morgan fingerprint density at radius 3 is 0.962 bits per heavy atom. The van der Waals surface area contributed by atoms with Crippen molar-refractivity contribution < 1.29 is 0 Å². The topological polar surface area (TPSA) is 90.2 Å². The van der Waals surface area contributed by atoms with Gasteiger partial charge in [-0.05, 0) is 197 Å². The van der Waals surface area contributed by atoms with Crippen LogP contribution in [0.1, 0.15) is 74.9 Å². The van der Waals surface area contributed by atoms with E-state index in [0.29, 0.717) is 17.5 Å². The average molecular weight is 1700 g/mol. The van der Waals surface area contributed by atoms with Crippen molar-refractivity contribution in [3.8, 4) is 124 Å². The predicted octanol–water partition coefficient (Wildman–Crippen LogP) is 32.6. The third-order valence-electron chi connectivity index (χ3n) is 28.5. The van der Waals surface area contributed by atoms with Crippen molar-refractivity contribution in [1.29, 1.82) is 0 Å². The molecule has 5 aromatic heterocycles. The lowest BCUT2D eigenvalue weighted by Crippen LogP contribution is -2.17. The molecule has 0 aliphatic heterocycles. The molecule has 24 aromatic rings. The minimum atomic E-state index is -0.218. The SMILES string of the molecule is CC1(C)c2ccccc2-c2nc3ccc4ccccc4c3c(-c3ccc(-c4cccc5cccnc45)c4ccccc34)c21.CC1(C)c2ccccc2-c2nc3ccc4ccccc4c3c(-c3ccc4cc(-c5ccccc5)ccc4c3)c21.CC1(C)c2ccccc2-c2nc3ccc4ccccc4c3c(-c3ccc4cc(-c5nc(-c6ccccc6)nc(-c6ccccc6)n5)ccc4c3)c21. The molecule has 27 rings (SSSR count). The third kappa shape index (κ3) is 12.7. The lowest BCUT2D eigenvalue weighted by atomic mass is 9.77. The minimum absolute atomic E-state index is 0.161. The molecule has 0 spiro atoms. The number of pyridine rings is 4. The first-order chi connectivity index (χ1) is 65.2. The quantitative estimate of drug-likeness (QED) is 0.140. The van der Waals surface area contributed by atoms with Gasteiger partial charge in [-0.3, -0.25) is 4.98 Å². The smallest absolute Gasteiger partial charge is 0.164 e. The zero-order valence-corrected chi connectivity index (χ0v) is 74.5. The van der Waals surface area contributed by atoms with E-state index in [1.165, 1.54) is 170 Å². The van der Waals surface area contributed by atoms with Crippen molar-refractivity contribution in [2.45, 2.75) is 57.8 Å². The van der Waals surface area contributed by atoms with Gasteiger partial charge in [0.25, 0.3) is 0 Å². The Labute approximate surface area is 771 Å². The summed E-state index contributed by atoms with van der Waals surface area (Å²) >= 11 is 0. The predicted molar refractivity (Wildman–Crippen MR) is 555 cm³/mol.